The van der Waals surface area contributed by atoms with Gasteiger partial charge in [0.15, 0.2) is 17.7 Å². The fraction of sp³-hybridized carbons (Fsp3) is 0.500. The average molecular weight is 331 g/mol. The van der Waals surface area contributed by atoms with Gasteiger partial charge in [-0.25, -0.2) is 19.5 Å². The van der Waals surface area contributed by atoms with Crippen molar-refractivity contribution in [2.45, 2.75) is 24.9 Å². The van der Waals surface area contributed by atoms with E-state index in [0.717, 1.165) is 0 Å². The van der Waals surface area contributed by atoms with Crippen molar-refractivity contribution in [2.24, 2.45) is 0 Å². The molecular formula is C10H14N5O6P. The van der Waals surface area contributed by atoms with Crippen LogP contribution in [0.25, 0.3) is 11.2 Å². The molecule has 0 aromatic carbocycles. The van der Waals surface area contributed by atoms with Gasteiger partial charge in [0, 0.05) is 6.42 Å². The number of nitrogen functional groups attached to an aromatic ring is 1. The van der Waals surface area contributed by atoms with Gasteiger partial charge in [-0.3, -0.25) is 9.09 Å². The molecule has 1 aliphatic heterocycles. The maximum Gasteiger partial charge on any atom is 0.470 e. The summed E-state index contributed by atoms with van der Waals surface area (Å²) >= 11 is 0. The Bertz CT molecular complexity index is 732. The standard InChI is InChI=1S/C10H14N5O6P/c11-8-7-9(13-3-12-8)15(4-14-7)10-6(21-22(17,18)19)1-5(2-16)20-10/h3-6,10,16H,1-2H2,(H2,11,12,13)(H2,17,18,19)/t5-,6+,10+/m0/s1. The molecule has 1 saturated heterocycles. The lowest BCUT2D eigenvalue weighted by Gasteiger charge is -2.20. The maximum absolute atomic E-state index is 11.1. The smallest absolute Gasteiger partial charge is 0.394 e. The zero-order valence-electron chi connectivity index (χ0n) is 11.2. The summed E-state index contributed by atoms with van der Waals surface area (Å²) in [5.74, 6) is 0.174. The van der Waals surface area contributed by atoms with Gasteiger partial charge in [0.05, 0.1) is 19.0 Å². The number of anilines is 1. The molecule has 5 N–H and O–H groups in total. The monoisotopic (exact) mass is 331 g/mol. The highest BCUT2D eigenvalue weighted by molar-refractivity contribution is 7.46. The Labute approximate surface area is 124 Å². The predicted molar refractivity (Wildman–Crippen MR) is 72.3 cm³/mol. The van der Waals surface area contributed by atoms with Gasteiger partial charge < -0.3 is 25.4 Å². The lowest BCUT2D eigenvalue weighted by atomic mass is 10.2. The number of hydrogen-bond acceptors (Lipinski definition) is 8. The Morgan fingerprint density at radius 1 is 1.45 bits per heavy atom. The third-order valence-corrected chi connectivity index (χ3v) is 3.83. The molecular weight excluding hydrogens is 317 g/mol. The van der Waals surface area contributed by atoms with E-state index in [9.17, 15) is 9.67 Å². The molecule has 0 aliphatic carbocycles. The first-order chi connectivity index (χ1) is 10.4. The van der Waals surface area contributed by atoms with E-state index in [-0.39, 0.29) is 18.8 Å². The fourth-order valence-corrected chi connectivity index (χ4v) is 2.95. The van der Waals surface area contributed by atoms with Gasteiger partial charge in [-0.2, -0.15) is 0 Å². The minimum Gasteiger partial charge on any atom is -0.394 e. The van der Waals surface area contributed by atoms with E-state index in [1.165, 1.54) is 17.2 Å². The summed E-state index contributed by atoms with van der Waals surface area (Å²) in [6, 6.07) is 0. The molecule has 1 fully saturated rings. The Hall–Kier alpha value is -1.62. The average Bonchev–Trinajstić information content (AvgIpc) is 3.01. The summed E-state index contributed by atoms with van der Waals surface area (Å²) in [6.45, 7) is -0.304. The number of rotatable bonds is 4. The zero-order chi connectivity index (χ0) is 15.9. The van der Waals surface area contributed by atoms with Gasteiger partial charge in [0.25, 0.3) is 0 Å². The third kappa shape index (κ3) is 2.82. The van der Waals surface area contributed by atoms with E-state index in [1.54, 1.807) is 0 Å². The lowest BCUT2D eigenvalue weighted by Crippen LogP contribution is -2.21. The van der Waals surface area contributed by atoms with Crippen LogP contribution in [0, 0.1) is 0 Å². The molecule has 3 rings (SSSR count). The second-order valence-corrected chi connectivity index (χ2v) is 5.98. The van der Waals surface area contributed by atoms with Crippen molar-refractivity contribution in [2.75, 3.05) is 12.3 Å². The number of nitrogens with zero attached hydrogens (tertiary/aromatic N) is 4. The van der Waals surface area contributed by atoms with Crippen molar-refractivity contribution in [1.29, 1.82) is 0 Å². The second-order valence-electron chi connectivity index (χ2n) is 4.78. The van der Waals surface area contributed by atoms with E-state index in [2.05, 4.69) is 15.0 Å². The molecule has 0 amide bonds. The highest BCUT2D eigenvalue weighted by atomic mass is 31.2. The topological polar surface area (TPSA) is 166 Å². The molecule has 0 saturated carbocycles. The van der Waals surface area contributed by atoms with Gasteiger partial charge in [0.1, 0.15) is 17.9 Å². The van der Waals surface area contributed by atoms with Gasteiger partial charge in [0.2, 0.25) is 0 Å². The second kappa shape index (κ2) is 5.54. The number of phosphoric acid groups is 1. The Morgan fingerprint density at radius 3 is 2.91 bits per heavy atom. The number of imidazole rings is 1. The number of nitrogens with two attached hydrogens (primary N) is 1. The molecule has 11 nitrogen and oxygen atoms in total. The number of phosphoric ester groups is 1. The van der Waals surface area contributed by atoms with E-state index in [0.29, 0.717) is 11.2 Å². The normalized spacial score (nSPS) is 25.9. The summed E-state index contributed by atoms with van der Waals surface area (Å²) in [6.07, 6.45) is 0.254. The minimum absolute atomic E-state index is 0.118. The van der Waals surface area contributed by atoms with E-state index in [4.69, 9.17) is 24.8 Å². The molecule has 2 aromatic rings. The van der Waals surface area contributed by atoms with Crippen molar-refractivity contribution in [1.82, 2.24) is 19.5 Å². The zero-order valence-corrected chi connectivity index (χ0v) is 12.1. The quantitative estimate of drug-likeness (QED) is 0.519. The number of aromatic nitrogens is 4. The van der Waals surface area contributed by atoms with Crippen LogP contribution in [0.5, 0.6) is 0 Å². The van der Waals surface area contributed by atoms with Crippen LogP contribution in [-0.4, -0.2) is 53.2 Å². The molecule has 0 radical (unpaired) electrons. The van der Waals surface area contributed by atoms with E-state index < -0.39 is 26.3 Å². The number of aliphatic hydroxyl groups is 1. The Balaban J connectivity index is 1.99. The first-order valence-electron chi connectivity index (χ1n) is 6.32. The Kier molecular flexibility index (Phi) is 3.85. The summed E-state index contributed by atoms with van der Waals surface area (Å²) in [4.78, 5) is 29.9. The highest BCUT2D eigenvalue weighted by Gasteiger charge is 2.41. The van der Waals surface area contributed by atoms with Crippen molar-refractivity contribution in [3.63, 3.8) is 0 Å². The molecule has 0 bridgehead atoms. The van der Waals surface area contributed by atoms with Crippen LogP contribution in [0.4, 0.5) is 5.82 Å². The number of aliphatic hydroxyl groups excluding tert-OH is 1. The third-order valence-electron chi connectivity index (χ3n) is 3.28. The molecule has 0 unspecified atom stereocenters. The summed E-state index contributed by atoms with van der Waals surface area (Å²) in [5, 5.41) is 9.21. The molecule has 22 heavy (non-hydrogen) atoms. The fourth-order valence-electron chi connectivity index (χ4n) is 2.41. The van der Waals surface area contributed by atoms with Crippen LogP contribution in [0.3, 0.4) is 0 Å². The van der Waals surface area contributed by atoms with Gasteiger partial charge >= 0.3 is 7.82 Å². The predicted octanol–water partition coefficient (Wildman–Crippen LogP) is -0.834. The number of ether oxygens (including phenoxy) is 1. The molecule has 0 spiro atoms. The largest absolute Gasteiger partial charge is 0.470 e. The maximum atomic E-state index is 11.1. The van der Waals surface area contributed by atoms with Gasteiger partial charge in [-0.15, -0.1) is 0 Å². The minimum atomic E-state index is -4.71. The molecule has 1 aliphatic rings. The van der Waals surface area contributed by atoms with E-state index >= 15 is 0 Å². The molecule has 120 valence electrons. The van der Waals surface area contributed by atoms with Crippen molar-refractivity contribution in [3.8, 4) is 0 Å². The Morgan fingerprint density at radius 2 is 2.23 bits per heavy atom. The summed E-state index contributed by atoms with van der Waals surface area (Å²) < 4.78 is 22.9. The van der Waals surface area contributed by atoms with Crippen LogP contribution in [0.1, 0.15) is 12.6 Å². The highest BCUT2D eigenvalue weighted by Crippen LogP contribution is 2.44. The van der Waals surface area contributed by atoms with E-state index in [1.807, 2.05) is 0 Å². The number of hydrogen-bond donors (Lipinski definition) is 4. The lowest BCUT2D eigenvalue weighted by molar-refractivity contribution is -0.0477. The van der Waals surface area contributed by atoms with Crippen LogP contribution in [0.2, 0.25) is 0 Å². The first-order valence-corrected chi connectivity index (χ1v) is 7.85. The van der Waals surface area contributed by atoms with Gasteiger partial charge in [-0.1, -0.05) is 0 Å². The number of fused-ring (bicyclic) bond motifs is 1. The molecule has 12 heteroatoms. The van der Waals surface area contributed by atoms with Crippen LogP contribution in [0.15, 0.2) is 12.7 Å². The first kappa shape index (κ1) is 15.3. The summed E-state index contributed by atoms with van der Waals surface area (Å²) in [5.41, 5.74) is 6.38. The molecule has 2 aromatic heterocycles. The molecule has 3 heterocycles. The van der Waals surface area contributed by atoms with Gasteiger partial charge in [-0.05, 0) is 0 Å². The van der Waals surface area contributed by atoms with Crippen molar-refractivity contribution in [3.05, 3.63) is 12.7 Å². The van der Waals surface area contributed by atoms with Crippen LogP contribution < -0.4 is 5.73 Å². The van der Waals surface area contributed by atoms with Crippen molar-refractivity contribution < 1.29 is 28.7 Å². The van der Waals surface area contributed by atoms with Crippen LogP contribution in [-0.2, 0) is 13.8 Å². The summed E-state index contributed by atoms with van der Waals surface area (Å²) in [7, 11) is -4.71. The SMILES string of the molecule is Nc1ncnc2c1ncn2[C@@H]1O[C@H](CO)C[C@H]1OP(=O)(O)O. The van der Waals surface area contributed by atoms with Crippen LogP contribution >= 0.6 is 7.82 Å². The molecule has 3 atom stereocenters. The van der Waals surface area contributed by atoms with Crippen molar-refractivity contribution >= 4 is 24.8 Å².